The third-order valence-electron chi connectivity index (χ3n) is 1.45. The molecule has 0 saturated heterocycles. The van der Waals surface area contributed by atoms with Crippen LogP contribution in [-0.2, 0) is 4.79 Å². The molecule has 0 radical (unpaired) electrons. The van der Waals surface area contributed by atoms with Crippen LogP contribution in [0.4, 0.5) is 0 Å². The van der Waals surface area contributed by atoms with Crippen molar-refractivity contribution in [2.24, 2.45) is 0 Å². The number of aliphatic carboxylic acids is 1. The first-order valence-corrected chi connectivity index (χ1v) is 3.44. The van der Waals surface area contributed by atoms with Crippen molar-refractivity contribution in [1.82, 2.24) is 0 Å². The molecular weight excluding hydrogens is 146 g/mol. The lowest BCUT2D eigenvalue weighted by Crippen LogP contribution is -2.70. The van der Waals surface area contributed by atoms with E-state index in [9.17, 15) is 4.79 Å². The highest BCUT2D eigenvalue weighted by atomic mass is 16.4. The summed E-state index contributed by atoms with van der Waals surface area (Å²) >= 11 is 0. The molecule has 0 aliphatic heterocycles. The highest BCUT2D eigenvalue weighted by Gasteiger charge is 2.24. The first-order chi connectivity index (χ1) is 5.09. The summed E-state index contributed by atoms with van der Waals surface area (Å²) in [5, 5.41) is 17.5. The summed E-state index contributed by atoms with van der Waals surface area (Å²) in [5.41, 5.74) is 3.31. The standard InChI is InChI=1S/C7H13NO3/c1-2-3-4-5(9)6(8)7(10)11/h2,5-6,9H,1,3-4,8H2,(H,10,11)/p+1. The van der Waals surface area contributed by atoms with Gasteiger partial charge in [0.2, 0.25) is 6.04 Å². The predicted molar refractivity (Wildman–Crippen MR) is 39.7 cm³/mol. The van der Waals surface area contributed by atoms with Crippen LogP contribution in [0.3, 0.4) is 0 Å². The molecule has 2 atom stereocenters. The molecule has 0 heterocycles. The summed E-state index contributed by atoms with van der Waals surface area (Å²) in [5.74, 6) is -1.07. The van der Waals surface area contributed by atoms with Crippen LogP contribution >= 0.6 is 0 Å². The van der Waals surface area contributed by atoms with Gasteiger partial charge in [0.25, 0.3) is 0 Å². The first-order valence-electron chi connectivity index (χ1n) is 3.44. The number of carboxylic acids is 1. The Bertz CT molecular complexity index is 147. The number of quaternary nitrogens is 1. The van der Waals surface area contributed by atoms with Crippen molar-refractivity contribution in [3.8, 4) is 0 Å². The molecule has 0 aromatic rings. The van der Waals surface area contributed by atoms with Crippen molar-refractivity contribution in [1.29, 1.82) is 0 Å². The molecule has 0 aromatic heterocycles. The Morgan fingerprint density at radius 3 is 2.64 bits per heavy atom. The summed E-state index contributed by atoms with van der Waals surface area (Å²) in [6.45, 7) is 3.46. The van der Waals surface area contributed by atoms with Gasteiger partial charge in [-0.15, -0.1) is 6.58 Å². The summed E-state index contributed by atoms with van der Waals surface area (Å²) in [7, 11) is 0. The van der Waals surface area contributed by atoms with Gasteiger partial charge < -0.3 is 15.9 Å². The summed E-state index contributed by atoms with van der Waals surface area (Å²) < 4.78 is 0. The van der Waals surface area contributed by atoms with Gasteiger partial charge in [-0.1, -0.05) is 6.08 Å². The Morgan fingerprint density at radius 2 is 2.27 bits per heavy atom. The van der Waals surface area contributed by atoms with Crippen LogP contribution in [0.1, 0.15) is 12.8 Å². The first kappa shape index (κ1) is 10.1. The second kappa shape index (κ2) is 4.87. The van der Waals surface area contributed by atoms with Crippen LogP contribution in [0.15, 0.2) is 12.7 Å². The average molecular weight is 160 g/mol. The summed E-state index contributed by atoms with van der Waals surface area (Å²) in [4.78, 5) is 10.3. The van der Waals surface area contributed by atoms with Gasteiger partial charge >= 0.3 is 5.97 Å². The smallest absolute Gasteiger partial charge is 0.365 e. The second-order valence-corrected chi connectivity index (χ2v) is 2.38. The van der Waals surface area contributed by atoms with Crippen LogP contribution in [-0.4, -0.2) is 28.3 Å². The van der Waals surface area contributed by atoms with Gasteiger partial charge in [0.05, 0.1) is 0 Å². The van der Waals surface area contributed by atoms with E-state index in [0.717, 1.165) is 0 Å². The van der Waals surface area contributed by atoms with Crippen molar-refractivity contribution in [2.45, 2.75) is 25.0 Å². The second-order valence-electron chi connectivity index (χ2n) is 2.38. The van der Waals surface area contributed by atoms with Gasteiger partial charge in [0.15, 0.2) is 0 Å². The quantitative estimate of drug-likeness (QED) is 0.451. The molecule has 0 bridgehead atoms. The molecule has 0 amide bonds. The van der Waals surface area contributed by atoms with Gasteiger partial charge in [0.1, 0.15) is 6.10 Å². The monoisotopic (exact) mass is 160 g/mol. The summed E-state index contributed by atoms with van der Waals surface area (Å²) in [6.07, 6.45) is 1.79. The van der Waals surface area contributed by atoms with Crippen molar-refractivity contribution in [3.63, 3.8) is 0 Å². The van der Waals surface area contributed by atoms with E-state index in [1.54, 1.807) is 6.08 Å². The van der Waals surface area contributed by atoms with E-state index in [-0.39, 0.29) is 0 Å². The van der Waals surface area contributed by atoms with Crippen molar-refractivity contribution in [2.75, 3.05) is 0 Å². The van der Waals surface area contributed by atoms with Crippen LogP contribution < -0.4 is 5.73 Å². The molecule has 0 aromatic carbocycles. The number of rotatable bonds is 5. The van der Waals surface area contributed by atoms with E-state index in [0.29, 0.717) is 12.8 Å². The van der Waals surface area contributed by atoms with Crippen LogP contribution in [0.2, 0.25) is 0 Å². The lowest BCUT2D eigenvalue weighted by Gasteiger charge is -2.09. The zero-order valence-corrected chi connectivity index (χ0v) is 6.36. The van der Waals surface area contributed by atoms with E-state index < -0.39 is 18.1 Å². The minimum absolute atomic E-state index is 0.407. The van der Waals surface area contributed by atoms with Crippen molar-refractivity contribution >= 4 is 5.97 Å². The van der Waals surface area contributed by atoms with E-state index in [1.807, 2.05) is 0 Å². The number of allylic oxidation sites excluding steroid dienone is 1. The Labute approximate surface area is 65.3 Å². The van der Waals surface area contributed by atoms with E-state index >= 15 is 0 Å². The number of aliphatic hydroxyl groups excluding tert-OH is 1. The van der Waals surface area contributed by atoms with Gasteiger partial charge in [0, 0.05) is 0 Å². The molecule has 0 spiro atoms. The topological polar surface area (TPSA) is 85.2 Å². The molecule has 11 heavy (non-hydrogen) atoms. The predicted octanol–water partition coefficient (Wildman–Crippen LogP) is -0.991. The Morgan fingerprint density at radius 1 is 1.73 bits per heavy atom. The number of carbonyl (C=O) groups is 1. The van der Waals surface area contributed by atoms with Gasteiger partial charge in [-0.3, -0.25) is 0 Å². The minimum atomic E-state index is -1.07. The molecule has 4 heteroatoms. The normalized spacial score (nSPS) is 15.5. The largest absolute Gasteiger partial charge is 0.477 e. The minimum Gasteiger partial charge on any atom is -0.477 e. The molecule has 2 unspecified atom stereocenters. The SMILES string of the molecule is C=CCCC(O)C([NH3+])C(=O)O. The Hall–Kier alpha value is -0.870. The lowest BCUT2D eigenvalue weighted by atomic mass is 10.1. The van der Waals surface area contributed by atoms with E-state index in [2.05, 4.69) is 12.3 Å². The van der Waals surface area contributed by atoms with Gasteiger partial charge in [-0.25, -0.2) is 4.79 Å². The molecule has 0 saturated carbocycles. The fourth-order valence-corrected chi connectivity index (χ4v) is 0.654. The third kappa shape index (κ3) is 3.75. The molecule has 64 valence electrons. The fraction of sp³-hybridized carbons (Fsp3) is 0.571. The number of hydrogen-bond acceptors (Lipinski definition) is 2. The third-order valence-corrected chi connectivity index (χ3v) is 1.45. The highest BCUT2D eigenvalue weighted by molar-refractivity contribution is 5.72. The Balaban J connectivity index is 3.72. The average Bonchev–Trinajstić information content (AvgIpc) is 1.98. The highest BCUT2D eigenvalue weighted by Crippen LogP contribution is 1.99. The maximum atomic E-state index is 10.3. The fourth-order valence-electron chi connectivity index (χ4n) is 0.654. The number of carboxylic acid groups (broad SMARTS) is 1. The van der Waals surface area contributed by atoms with Crippen molar-refractivity contribution in [3.05, 3.63) is 12.7 Å². The molecule has 0 aliphatic rings. The van der Waals surface area contributed by atoms with E-state index in [4.69, 9.17) is 10.2 Å². The van der Waals surface area contributed by atoms with Gasteiger partial charge in [-0.05, 0) is 12.8 Å². The molecular formula is C7H14NO3+. The lowest BCUT2D eigenvalue weighted by molar-refractivity contribution is -0.424. The zero-order valence-electron chi connectivity index (χ0n) is 6.36. The van der Waals surface area contributed by atoms with E-state index in [1.165, 1.54) is 0 Å². The molecule has 5 N–H and O–H groups in total. The van der Waals surface area contributed by atoms with Crippen LogP contribution in [0.25, 0.3) is 0 Å². The Kier molecular flexibility index (Phi) is 4.49. The maximum Gasteiger partial charge on any atom is 0.365 e. The maximum absolute atomic E-state index is 10.3. The molecule has 0 rings (SSSR count). The van der Waals surface area contributed by atoms with Crippen LogP contribution in [0, 0.1) is 0 Å². The van der Waals surface area contributed by atoms with Gasteiger partial charge in [-0.2, -0.15) is 0 Å². The summed E-state index contributed by atoms with van der Waals surface area (Å²) in [6, 6.07) is -0.935. The molecule has 0 aliphatic carbocycles. The molecule has 0 fully saturated rings. The van der Waals surface area contributed by atoms with Crippen LogP contribution in [0.5, 0.6) is 0 Å². The number of hydrogen-bond donors (Lipinski definition) is 3. The van der Waals surface area contributed by atoms with Crippen molar-refractivity contribution < 1.29 is 20.7 Å². The number of aliphatic hydroxyl groups is 1. The molecule has 4 nitrogen and oxygen atoms in total. The zero-order chi connectivity index (χ0) is 8.85.